The van der Waals surface area contributed by atoms with Gasteiger partial charge in [-0.15, -0.1) is 0 Å². The average Bonchev–Trinajstić information content (AvgIpc) is 3.14. The second-order valence-corrected chi connectivity index (χ2v) is 4.68. The maximum atomic E-state index is 5.92. The molecule has 0 fully saturated rings. The van der Waals surface area contributed by atoms with Crippen molar-refractivity contribution in [2.24, 2.45) is 0 Å². The summed E-state index contributed by atoms with van der Waals surface area (Å²) in [7, 11) is 1.63. The van der Waals surface area contributed by atoms with Crippen molar-refractivity contribution >= 4 is 5.88 Å². The van der Waals surface area contributed by atoms with Gasteiger partial charge in [-0.2, -0.15) is 0 Å². The first-order chi connectivity index (χ1) is 10.3. The van der Waals surface area contributed by atoms with Crippen LogP contribution in [-0.4, -0.2) is 12.3 Å². The molecule has 3 aromatic rings. The molecule has 0 aliphatic rings. The Bertz CT molecular complexity index is 717. The summed E-state index contributed by atoms with van der Waals surface area (Å²) in [6.07, 6.45) is 3.10. The molecule has 3 rings (SSSR count). The van der Waals surface area contributed by atoms with Crippen LogP contribution in [0.25, 0.3) is 11.1 Å². The Balaban J connectivity index is 1.89. The van der Waals surface area contributed by atoms with Gasteiger partial charge in [0, 0.05) is 12.8 Å². The highest BCUT2D eigenvalue weighted by Gasteiger charge is 2.16. The van der Waals surface area contributed by atoms with E-state index in [2.05, 4.69) is 5.16 Å². The maximum Gasteiger partial charge on any atom is 0.230 e. The molecule has 0 aliphatic carbocycles. The van der Waals surface area contributed by atoms with Crippen LogP contribution < -0.4 is 10.5 Å². The number of nitrogen functional groups attached to an aromatic ring is 1. The summed E-state index contributed by atoms with van der Waals surface area (Å²) in [6, 6.07) is 11.5. The molecule has 2 aromatic heterocycles. The molecular formula is C16H16N2O3. The van der Waals surface area contributed by atoms with E-state index < -0.39 is 0 Å². The molecule has 0 amide bonds. The number of anilines is 1. The van der Waals surface area contributed by atoms with Crippen LogP contribution in [0.2, 0.25) is 0 Å². The number of hydrogen-bond donors (Lipinski definition) is 1. The fraction of sp³-hybridized carbons (Fsp3) is 0.188. The van der Waals surface area contributed by atoms with Crippen molar-refractivity contribution in [3.63, 3.8) is 0 Å². The zero-order valence-electron chi connectivity index (χ0n) is 11.7. The van der Waals surface area contributed by atoms with E-state index in [1.54, 1.807) is 13.4 Å². The molecule has 0 unspecified atom stereocenters. The summed E-state index contributed by atoms with van der Waals surface area (Å²) in [4.78, 5) is 0. The summed E-state index contributed by atoms with van der Waals surface area (Å²) in [5.41, 5.74) is 8.49. The SMILES string of the molecule is COc1cccc(-c2c(CCc3ccco3)noc2N)c1. The number of ether oxygens (including phenoxy) is 1. The number of nitrogens with two attached hydrogens (primary N) is 1. The van der Waals surface area contributed by atoms with Gasteiger partial charge in [0.25, 0.3) is 0 Å². The van der Waals surface area contributed by atoms with Gasteiger partial charge in [0.2, 0.25) is 5.88 Å². The van der Waals surface area contributed by atoms with E-state index >= 15 is 0 Å². The Hall–Kier alpha value is -2.69. The smallest absolute Gasteiger partial charge is 0.230 e. The summed E-state index contributed by atoms with van der Waals surface area (Å²) in [5.74, 6) is 2.00. The van der Waals surface area contributed by atoms with Crippen molar-refractivity contribution in [2.75, 3.05) is 12.8 Å². The van der Waals surface area contributed by atoms with Crippen LogP contribution >= 0.6 is 0 Å². The first-order valence-electron chi connectivity index (χ1n) is 6.68. The van der Waals surface area contributed by atoms with Crippen LogP contribution in [0, 0.1) is 0 Å². The molecule has 21 heavy (non-hydrogen) atoms. The Morgan fingerprint density at radius 1 is 1.19 bits per heavy atom. The quantitative estimate of drug-likeness (QED) is 0.778. The van der Waals surface area contributed by atoms with E-state index in [1.165, 1.54) is 0 Å². The third-order valence-electron chi connectivity index (χ3n) is 3.34. The number of nitrogens with zero attached hydrogens (tertiary/aromatic N) is 1. The van der Waals surface area contributed by atoms with Gasteiger partial charge in [-0.25, -0.2) is 0 Å². The second kappa shape index (κ2) is 5.75. The van der Waals surface area contributed by atoms with Crippen LogP contribution in [0.5, 0.6) is 5.75 Å². The van der Waals surface area contributed by atoms with Crippen LogP contribution in [0.4, 0.5) is 5.88 Å². The average molecular weight is 284 g/mol. The molecule has 0 atom stereocenters. The van der Waals surface area contributed by atoms with Crippen LogP contribution in [-0.2, 0) is 12.8 Å². The van der Waals surface area contributed by atoms with Crippen molar-refractivity contribution in [2.45, 2.75) is 12.8 Å². The molecule has 2 N–H and O–H groups in total. The fourth-order valence-corrected chi connectivity index (χ4v) is 2.29. The minimum absolute atomic E-state index is 0.317. The van der Waals surface area contributed by atoms with Crippen molar-refractivity contribution in [3.05, 3.63) is 54.1 Å². The van der Waals surface area contributed by atoms with Gasteiger partial charge in [0.1, 0.15) is 11.5 Å². The van der Waals surface area contributed by atoms with Crippen LogP contribution in [0.15, 0.2) is 51.6 Å². The van der Waals surface area contributed by atoms with Crippen LogP contribution in [0.3, 0.4) is 0 Å². The second-order valence-electron chi connectivity index (χ2n) is 4.68. The van der Waals surface area contributed by atoms with Crippen molar-refractivity contribution in [3.8, 4) is 16.9 Å². The van der Waals surface area contributed by atoms with Crippen molar-refractivity contribution in [1.29, 1.82) is 0 Å². The molecule has 108 valence electrons. The summed E-state index contributed by atoms with van der Waals surface area (Å²) >= 11 is 0. The normalized spacial score (nSPS) is 10.7. The Morgan fingerprint density at radius 3 is 2.86 bits per heavy atom. The van der Waals surface area contributed by atoms with Gasteiger partial charge in [0.05, 0.1) is 24.6 Å². The van der Waals surface area contributed by atoms with E-state index in [4.69, 9.17) is 19.4 Å². The van der Waals surface area contributed by atoms with E-state index in [9.17, 15) is 0 Å². The van der Waals surface area contributed by atoms with E-state index in [0.717, 1.165) is 34.8 Å². The molecule has 0 saturated heterocycles. The molecule has 0 aliphatic heterocycles. The number of aryl methyl sites for hydroxylation is 2. The van der Waals surface area contributed by atoms with Gasteiger partial charge in [-0.3, -0.25) is 0 Å². The zero-order chi connectivity index (χ0) is 14.7. The molecule has 2 heterocycles. The number of benzene rings is 1. The lowest BCUT2D eigenvalue weighted by molar-refractivity contribution is 0.415. The highest BCUT2D eigenvalue weighted by Crippen LogP contribution is 2.32. The minimum Gasteiger partial charge on any atom is -0.497 e. The first-order valence-corrected chi connectivity index (χ1v) is 6.68. The molecule has 0 radical (unpaired) electrons. The summed E-state index contributed by atoms with van der Waals surface area (Å²) < 4.78 is 15.7. The molecule has 0 bridgehead atoms. The van der Waals surface area contributed by atoms with Crippen molar-refractivity contribution in [1.82, 2.24) is 5.16 Å². The predicted octanol–water partition coefficient (Wildman–Crippen LogP) is 3.31. The molecular weight excluding hydrogens is 268 g/mol. The number of methoxy groups -OCH3 is 1. The van der Waals surface area contributed by atoms with Crippen molar-refractivity contribution < 1.29 is 13.7 Å². The first kappa shape index (κ1) is 13.3. The Morgan fingerprint density at radius 2 is 2.10 bits per heavy atom. The van der Waals surface area contributed by atoms with E-state index in [0.29, 0.717) is 12.3 Å². The maximum absolute atomic E-state index is 5.92. The lowest BCUT2D eigenvalue weighted by Gasteiger charge is -2.05. The van der Waals surface area contributed by atoms with Gasteiger partial charge < -0.3 is 19.4 Å². The lowest BCUT2D eigenvalue weighted by atomic mass is 10.0. The third kappa shape index (κ3) is 2.76. The van der Waals surface area contributed by atoms with Gasteiger partial charge in [-0.05, 0) is 29.8 Å². The Labute approximate surface area is 122 Å². The fourth-order valence-electron chi connectivity index (χ4n) is 2.29. The Kier molecular flexibility index (Phi) is 3.64. The lowest BCUT2D eigenvalue weighted by Crippen LogP contribution is -1.94. The molecule has 0 saturated carbocycles. The number of hydrogen-bond acceptors (Lipinski definition) is 5. The van der Waals surface area contributed by atoms with Crippen LogP contribution in [0.1, 0.15) is 11.5 Å². The summed E-state index contributed by atoms with van der Waals surface area (Å²) in [5, 5.41) is 4.06. The number of aromatic nitrogens is 1. The number of rotatable bonds is 5. The minimum atomic E-state index is 0.317. The topological polar surface area (TPSA) is 74.4 Å². The molecule has 0 spiro atoms. The van der Waals surface area contributed by atoms with Gasteiger partial charge >= 0.3 is 0 Å². The van der Waals surface area contributed by atoms with E-state index in [1.807, 2.05) is 36.4 Å². The highest BCUT2D eigenvalue weighted by molar-refractivity contribution is 5.75. The zero-order valence-corrected chi connectivity index (χ0v) is 11.7. The predicted molar refractivity (Wildman–Crippen MR) is 79.0 cm³/mol. The number of furan rings is 1. The van der Waals surface area contributed by atoms with E-state index in [-0.39, 0.29) is 0 Å². The highest BCUT2D eigenvalue weighted by atomic mass is 16.5. The van der Waals surface area contributed by atoms with Gasteiger partial charge in [0.15, 0.2) is 0 Å². The monoisotopic (exact) mass is 284 g/mol. The molecule has 5 nitrogen and oxygen atoms in total. The standard InChI is InChI=1S/C16H16N2O3/c1-19-13-5-2-4-11(10-13)15-14(18-21-16(15)17)8-7-12-6-3-9-20-12/h2-6,9-10H,7-8,17H2,1H3. The summed E-state index contributed by atoms with van der Waals surface area (Å²) in [6.45, 7) is 0. The molecule has 5 heteroatoms. The largest absolute Gasteiger partial charge is 0.497 e. The molecule has 1 aromatic carbocycles. The third-order valence-corrected chi connectivity index (χ3v) is 3.34. The van der Waals surface area contributed by atoms with Gasteiger partial charge in [-0.1, -0.05) is 17.3 Å².